The molecule has 0 saturated carbocycles. The van der Waals surface area contributed by atoms with Gasteiger partial charge in [0.05, 0.1) is 17.6 Å². The first kappa shape index (κ1) is 14.1. The molecule has 0 spiro atoms. The molecule has 1 aliphatic rings. The van der Waals surface area contributed by atoms with E-state index in [0.717, 1.165) is 38.2 Å². The summed E-state index contributed by atoms with van der Waals surface area (Å²) in [5.41, 5.74) is 3.84. The number of anilines is 1. The fourth-order valence-electron chi connectivity index (χ4n) is 2.63. The van der Waals surface area contributed by atoms with Gasteiger partial charge < -0.3 is 10.2 Å². The minimum atomic E-state index is 0.377. The van der Waals surface area contributed by atoms with E-state index in [0.29, 0.717) is 6.04 Å². The SMILES string of the molecule is CCNC(CC)c1ccc(N2CCC=C(C)C2)cn1. The molecule has 2 rings (SSSR count). The second-order valence-electron chi connectivity index (χ2n) is 5.22. The third-order valence-corrected chi connectivity index (χ3v) is 3.68. The van der Waals surface area contributed by atoms with Gasteiger partial charge in [0, 0.05) is 19.1 Å². The van der Waals surface area contributed by atoms with Crippen LogP contribution in [0, 0.1) is 0 Å². The Morgan fingerprint density at radius 2 is 2.21 bits per heavy atom. The molecule has 2 heterocycles. The third-order valence-electron chi connectivity index (χ3n) is 3.68. The second-order valence-corrected chi connectivity index (χ2v) is 5.22. The zero-order chi connectivity index (χ0) is 13.7. The number of hydrogen-bond donors (Lipinski definition) is 1. The Morgan fingerprint density at radius 3 is 2.79 bits per heavy atom. The number of nitrogens with zero attached hydrogens (tertiary/aromatic N) is 2. The van der Waals surface area contributed by atoms with Crippen molar-refractivity contribution >= 4 is 5.69 Å². The first-order valence-corrected chi connectivity index (χ1v) is 7.34. The van der Waals surface area contributed by atoms with Gasteiger partial charge >= 0.3 is 0 Å². The van der Waals surface area contributed by atoms with Crippen molar-refractivity contribution in [3.05, 3.63) is 35.7 Å². The van der Waals surface area contributed by atoms with E-state index in [2.05, 4.69) is 54.2 Å². The molecule has 1 N–H and O–H groups in total. The van der Waals surface area contributed by atoms with Gasteiger partial charge in [-0.05, 0) is 38.4 Å². The zero-order valence-electron chi connectivity index (χ0n) is 12.3. The molecule has 1 unspecified atom stereocenters. The molecule has 1 aromatic rings. The quantitative estimate of drug-likeness (QED) is 0.822. The summed E-state index contributed by atoms with van der Waals surface area (Å²) in [7, 11) is 0. The highest BCUT2D eigenvalue weighted by molar-refractivity contribution is 5.47. The first-order valence-electron chi connectivity index (χ1n) is 7.34. The molecule has 0 aromatic carbocycles. The molecule has 3 heteroatoms. The van der Waals surface area contributed by atoms with Crippen LogP contribution in [-0.4, -0.2) is 24.6 Å². The van der Waals surface area contributed by atoms with Crippen molar-refractivity contribution in [2.45, 2.75) is 39.7 Å². The first-order chi connectivity index (χ1) is 9.24. The van der Waals surface area contributed by atoms with Crippen LogP contribution in [0.5, 0.6) is 0 Å². The fraction of sp³-hybridized carbons (Fsp3) is 0.562. The monoisotopic (exact) mass is 259 g/mol. The van der Waals surface area contributed by atoms with Crippen molar-refractivity contribution in [3.63, 3.8) is 0 Å². The number of pyridine rings is 1. The Kier molecular flexibility index (Phi) is 4.97. The van der Waals surface area contributed by atoms with Crippen LogP contribution in [-0.2, 0) is 0 Å². The van der Waals surface area contributed by atoms with Crippen LogP contribution in [0.2, 0.25) is 0 Å². The van der Waals surface area contributed by atoms with Crippen LogP contribution >= 0.6 is 0 Å². The largest absolute Gasteiger partial charge is 0.366 e. The predicted octanol–water partition coefficient (Wildman–Crippen LogP) is 3.30. The summed E-state index contributed by atoms with van der Waals surface area (Å²) in [6.07, 6.45) is 6.57. The lowest BCUT2D eigenvalue weighted by molar-refractivity contribution is 0.524. The van der Waals surface area contributed by atoms with E-state index >= 15 is 0 Å². The van der Waals surface area contributed by atoms with Crippen LogP contribution in [0.4, 0.5) is 5.69 Å². The van der Waals surface area contributed by atoms with E-state index < -0.39 is 0 Å². The fourth-order valence-corrected chi connectivity index (χ4v) is 2.63. The maximum Gasteiger partial charge on any atom is 0.0574 e. The van der Waals surface area contributed by atoms with E-state index in [1.165, 1.54) is 11.3 Å². The molecule has 0 radical (unpaired) electrons. The summed E-state index contributed by atoms with van der Waals surface area (Å²) in [6.45, 7) is 9.65. The van der Waals surface area contributed by atoms with Gasteiger partial charge in [0.25, 0.3) is 0 Å². The number of hydrogen-bond acceptors (Lipinski definition) is 3. The van der Waals surface area contributed by atoms with Gasteiger partial charge in [-0.15, -0.1) is 0 Å². The number of aromatic nitrogens is 1. The summed E-state index contributed by atoms with van der Waals surface area (Å²) in [4.78, 5) is 7.05. The molecule has 0 amide bonds. The maximum absolute atomic E-state index is 4.65. The predicted molar refractivity (Wildman–Crippen MR) is 81.5 cm³/mol. The number of rotatable bonds is 5. The van der Waals surface area contributed by atoms with Gasteiger partial charge in [-0.3, -0.25) is 4.98 Å². The molecule has 0 saturated heterocycles. The summed E-state index contributed by atoms with van der Waals surface area (Å²) in [6, 6.07) is 4.75. The molecule has 0 fully saturated rings. The molecule has 0 aliphatic carbocycles. The van der Waals surface area contributed by atoms with Gasteiger partial charge in [0.15, 0.2) is 0 Å². The highest BCUT2D eigenvalue weighted by Crippen LogP contribution is 2.21. The number of nitrogens with one attached hydrogen (secondary N) is 1. The molecule has 19 heavy (non-hydrogen) atoms. The van der Waals surface area contributed by atoms with E-state index in [1.807, 2.05) is 6.20 Å². The Hall–Kier alpha value is -1.35. The molecule has 104 valence electrons. The molecular weight excluding hydrogens is 234 g/mol. The van der Waals surface area contributed by atoms with Crippen molar-refractivity contribution in [2.24, 2.45) is 0 Å². The van der Waals surface area contributed by atoms with Gasteiger partial charge in [0.1, 0.15) is 0 Å². The maximum atomic E-state index is 4.65. The smallest absolute Gasteiger partial charge is 0.0574 e. The summed E-state index contributed by atoms with van der Waals surface area (Å²) in [5, 5.41) is 3.47. The van der Waals surface area contributed by atoms with Crippen LogP contribution in [0.3, 0.4) is 0 Å². The van der Waals surface area contributed by atoms with E-state index in [1.54, 1.807) is 0 Å². The van der Waals surface area contributed by atoms with E-state index in [9.17, 15) is 0 Å². The minimum absolute atomic E-state index is 0.377. The van der Waals surface area contributed by atoms with Crippen LogP contribution in [0.25, 0.3) is 0 Å². The van der Waals surface area contributed by atoms with Crippen LogP contribution in [0.15, 0.2) is 30.0 Å². The molecule has 0 bridgehead atoms. The zero-order valence-corrected chi connectivity index (χ0v) is 12.3. The van der Waals surface area contributed by atoms with Crippen molar-refractivity contribution in [3.8, 4) is 0 Å². The van der Waals surface area contributed by atoms with Crippen LogP contribution < -0.4 is 10.2 Å². The van der Waals surface area contributed by atoms with E-state index in [4.69, 9.17) is 0 Å². The lowest BCUT2D eigenvalue weighted by atomic mass is 10.1. The van der Waals surface area contributed by atoms with Crippen molar-refractivity contribution in [1.82, 2.24) is 10.3 Å². The van der Waals surface area contributed by atoms with Crippen molar-refractivity contribution in [1.29, 1.82) is 0 Å². The molecule has 1 aliphatic heterocycles. The highest BCUT2D eigenvalue weighted by Gasteiger charge is 2.13. The van der Waals surface area contributed by atoms with Crippen molar-refractivity contribution in [2.75, 3.05) is 24.5 Å². The van der Waals surface area contributed by atoms with Gasteiger partial charge in [0.2, 0.25) is 0 Å². The topological polar surface area (TPSA) is 28.2 Å². The highest BCUT2D eigenvalue weighted by atomic mass is 15.1. The average Bonchev–Trinajstić information content (AvgIpc) is 2.45. The lowest BCUT2D eigenvalue weighted by Gasteiger charge is -2.28. The second kappa shape index (κ2) is 6.71. The normalized spacial score (nSPS) is 17.2. The molecule has 3 nitrogen and oxygen atoms in total. The summed E-state index contributed by atoms with van der Waals surface area (Å²) >= 11 is 0. The van der Waals surface area contributed by atoms with Gasteiger partial charge in [-0.1, -0.05) is 25.5 Å². The van der Waals surface area contributed by atoms with E-state index in [-0.39, 0.29) is 0 Å². The lowest BCUT2D eigenvalue weighted by Crippen LogP contribution is -2.29. The molecule has 1 atom stereocenters. The molecular formula is C16H25N3. The van der Waals surface area contributed by atoms with Crippen molar-refractivity contribution < 1.29 is 0 Å². The minimum Gasteiger partial charge on any atom is -0.366 e. The van der Waals surface area contributed by atoms with Crippen LogP contribution in [0.1, 0.15) is 45.3 Å². The Bertz CT molecular complexity index is 422. The summed E-state index contributed by atoms with van der Waals surface area (Å²) in [5.74, 6) is 0. The standard InChI is InChI=1S/C16H25N3/c1-4-15(17-5-2)16-9-8-14(11-18-16)19-10-6-7-13(3)12-19/h7-9,11,15,17H,4-6,10,12H2,1-3H3. The van der Waals surface area contributed by atoms with Gasteiger partial charge in [-0.2, -0.15) is 0 Å². The average molecular weight is 259 g/mol. The molecule has 1 aromatic heterocycles. The Morgan fingerprint density at radius 1 is 1.37 bits per heavy atom. The Balaban J connectivity index is 2.07. The third kappa shape index (κ3) is 3.57. The van der Waals surface area contributed by atoms with Gasteiger partial charge in [-0.25, -0.2) is 0 Å². The summed E-state index contributed by atoms with van der Waals surface area (Å²) < 4.78 is 0. The Labute approximate surface area is 116 Å².